The zero-order valence-electron chi connectivity index (χ0n) is 17.7. The zero-order chi connectivity index (χ0) is 21.8. The quantitative estimate of drug-likeness (QED) is 0.293. The predicted octanol–water partition coefficient (Wildman–Crippen LogP) is 5.79. The number of ketones is 1. The van der Waals surface area contributed by atoms with Gasteiger partial charge in [-0.15, -0.1) is 11.3 Å². The largest absolute Gasteiger partial charge is 0.294 e. The van der Waals surface area contributed by atoms with Crippen LogP contribution in [0.4, 0.5) is 0 Å². The lowest BCUT2D eigenvalue weighted by Gasteiger charge is -2.47. The van der Waals surface area contributed by atoms with E-state index in [9.17, 15) is 4.79 Å². The third kappa shape index (κ3) is 3.72. The van der Waals surface area contributed by atoms with Crippen LogP contribution in [0.1, 0.15) is 28.0 Å². The molecule has 5 rings (SSSR count). The molecular formula is C28H24N2OS. The Morgan fingerprint density at radius 3 is 1.81 bits per heavy atom. The first-order valence-corrected chi connectivity index (χ1v) is 11.7. The predicted molar refractivity (Wildman–Crippen MR) is 130 cm³/mol. The molecule has 158 valence electrons. The summed E-state index contributed by atoms with van der Waals surface area (Å²) in [5, 5.41) is 0. The Bertz CT molecular complexity index is 1110. The second-order valence-electron chi connectivity index (χ2n) is 7.98. The van der Waals surface area contributed by atoms with E-state index in [2.05, 4.69) is 101 Å². The van der Waals surface area contributed by atoms with Crippen LogP contribution in [0.15, 0.2) is 108 Å². The Balaban J connectivity index is 1.72. The third-order valence-electron chi connectivity index (χ3n) is 6.15. The number of thiazole rings is 1. The van der Waals surface area contributed by atoms with E-state index in [0.29, 0.717) is 19.5 Å². The molecule has 1 fully saturated rings. The highest BCUT2D eigenvalue weighted by Gasteiger charge is 2.44. The highest BCUT2D eigenvalue weighted by molar-refractivity contribution is 7.10. The molecule has 0 unspecified atom stereocenters. The van der Waals surface area contributed by atoms with E-state index in [-0.39, 0.29) is 5.78 Å². The van der Waals surface area contributed by atoms with Gasteiger partial charge >= 0.3 is 0 Å². The number of nitrogens with zero attached hydrogens (tertiary/aromatic N) is 2. The second-order valence-corrected chi connectivity index (χ2v) is 8.89. The van der Waals surface area contributed by atoms with Crippen LogP contribution >= 0.6 is 11.3 Å². The number of piperidine rings is 1. The molecule has 0 spiro atoms. The lowest BCUT2D eigenvalue weighted by Crippen LogP contribution is -2.52. The van der Waals surface area contributed by atoms with Gasteiger partial charge in [-0.2, -0.15) is 0 Å². The Labute approximate surface area is 192 Å². The normalized spacial score (nSPS) is 16.4. The Morgan fingerprint density at radius 2 is 1.34 bits per heavy atom. The van der Waals surface area contributed by atoms with Crippen LogP contribution < -0.4 is 0 Å². The number of rotatable bonds is 5. The standard InChI is InChI=1S/C28H24N2OS/c31-27-16-17-30(20-22(27)18-26-19-29-21-32-26)28(23-10-4-1-5-11-23,24-12-6-2-7-13-24)25-14-8-3-9-15-25/h1-15,18-19,21H,16-17,20H2. The van der Waals surface area contributed by atoms with Crippen LogP contribution in [0.2, 0.25) is 0 Å². The molecule has 0 aliphatic carbocycles. The van der Waals surface area contributed by atoms with Crippen molar-refractivity contribution in [3.05, 3.63) is 130 Å². The molecule has 2 heterocycles. The lowest BCUT2D eigenvalue weighted by atomic mass is 9.74. The summed E-state index contributed by atoms with van der Waals surface area (Å²) < 4.78 is 0. The van der Waals surface area contributed by atoms with Gasteiger partial charge < -0.3 is 0 Å². The molecule has 4 heteroatoms. The highest BCUT2D eigenvalue weighted by Crippen LogP contribution is 2.44. The molecule has 0 atom stereocenters. The molecule has 32 heavy (non-hydrogen) atoms. The minimum absolute atomic E-state index is 0.220. The van der Waals surface area contributed by atoms with Crippen LogP contribution in [0.3, 0.4) is 0 Å². The van der Waals surface area contributed by atoms with Gasteiger partial charge in [0.05, 0.1) is 11.0 Å². The first-order valence-electron chi connectivity index (χ1n) is 10.8. The average molecular weight is 437 g/mol. The molecule has 0 bridgehead atoms. The SMILES string of the molecule is O=C1CCN(C(c2ccccc2)(c2ccccc2)c2ccccc2)CC1=Cc1cncs1. The average Bonchev–Trinajstić information content (AvgIpc) is 3.37. The van der Waals surface area contributed by atoms with Crippen LogP contribution in [-0.2, 0) is 10.3 Å². The van der Waals surface area contributed by atoms with E-state index in [4.69, 9.17) is 0 Å². The fourth-order valence-corrected chi connectivity index (χ4v) is 5.31. The molecule has 3 aromatic carbocycles. The van der Waals surface area contributed by atoms with Crippen molar-refractivity contribution in [2.24, 2.45) is 0 Å². The smallest absolute Gasteiger partial charge is 0.161 e. The van der Waals surface area contributed by atoms with Gasteiger partial charge in [0.15, 0.2) is 5.78 Å². The topological polar surface area (TPSA) is 33.2 Å². The second kappa shape index (κ2) is 9.03. The van der Waals surface area contributed by atoms with Crippen molar-refractivity contribution in [3.63, 3.8) is 0 Å². The van der Waals surface area contributed by atoms with Gasteiger partial charge in [-0.1, -0.05) is 91.0 Å². The van der Waals surface area contributed by atoms with Crippen molar-refractivity contribution in [2.75, 3.05) is 13.1 Å². The number of benzene rings is 3. The molecule has 1 aliphatic rings. The molecule has 3 nitrogen and oxygen atoms in total. The molecule has 1 saturated heterocycles. The van der Waals surface area contributed by atoms with Crippen molar-refractivity contribution in [2.45, 2.75) is 12.0 Å². The number of carbonyl (C=O) groups is 1. The van der Waals surface area contributed by atoms with Crippen molar-refractivity contribution in [3.8, 4) is 0 Å². The summed E-state index contributed by atoms with van der Waals surface area (Å²) in [4.78, 5) is 20.5. The molecule has 0 saturated carbocycles. The number of Topliss-reactive ketones (excluding diaryl/α,β-unsaturated/α-hetero) is 1. The van der Waals surface area contributed by atoms with Gasteiger partial charge in [-0.3, -0.25) is 14.7 Å². The summed E-state index contributed by atoms with van der Waals surface area (Å²) in [6, 6.07) is 31.9. The van der Waals surface area contributed by atoms with Gasteiger partial charge in [0, 0.05) is 36.2 Å². The minimum Gasteiger partial charge on any atom is -0.294 e. The molecule has 0 radical (unpaired) electrons. The molecule has 4 aromatic rings. The van der Waals surface area contributed by atoms with Crippen LogP contribution in [0.5, 0.6) is 0 Å². The number of hydrogen-bond acceptors (Lipinski definition) is 4. The van der Waals surface area contributed by atoms with E-state index < -0.39 is 5.54 Å². The Morgan fingerprint density at radius 1 is 0.812 bits per heavy atom. The fraction of sp³-hybridized carbons (Fsp3) is 0.143. The van der Waals surface area contributed by atoms with Crippen LogP contribution in [0, 0.1) is 0 Å². The van der Waals surface area contributed by atoms with Crippen molar-refractivity contribution >= 4 is 23.2 Å². The summed E-state index contributed by atoms with van der Waals surface area (Å²) >= 11 is 1.56. The van der Waals surface area contributed by atoms with Gasteiger partial charge in [-0.05, 0) is 22.8 Å². The first-order chi connectivity index (χ1) is 15.8. The number of carbonyl (C=O) groups excluding carboxylic acids is 1. The van der Waals surface area contributed by atoms with Gasteiger partial charge in [0.1, 0.15) is 0 Å². The summed E-state index contributed by atoms with van der Waals surface area (Å²) in [5.74, 6) is 0.220. The molecule has 0 N–H and O–H groups in total. The summed E-state index contributed by atoms with van der Waals surface area (Å²) in [7, 11) is 0. The molecule has 0 amide bonds. The van der Waals surface area contributed by atoms with E-state index >= 15 is 0 Å². The van der Waals surface area contributed by atoms with E-state index in [1.54, 1.807) is 16.8 Å². The van der Waals surface area contributed by atoms with Crippen molar-refractivity contribution in [1.82, 2.24) is 9.88 Å². The van der Waals surface area contributed by atoms with Gasteiger partial charge in [0.25, 0.3) is 0 Å². The van der Waals surface area contributed by atoms with Gasteiger partial charge in [-0.25, -0.2) is 0 Å². The highest BCUT2D eigenvalue weighted by atomic mass is 32.1. The maximum atomic E-state index is 12.9. The van der Waals surface area contributed by atoms with Crippen LogP contribution in [0.25, 0.3) is 6.08 Å². The maximum absolute atomic E-state index is 12.9. The van der Waals surface area contributed by atoms with E-state index in [1.165, 1.54) is 16.7 Å². The number of aromatic nitrogens is 1. The summed E-state index contributed by atoms with van der Waals surface area (Å²) in [5.41, 5.74) is 5.74. The molecule has 1 aliphatic heterocycles. The molecular weight excluding hydrogens is 412 g/mol. The first kappa shape index (κ1) is 20.6. The van der Waals surface area contributed by atoms with Crippen LogP contribution in [-0.4, -0.2) is 28.8 Å². The monoisotopic (exact) mass is 436 g/mol. The maximum Gasteiger partial charge on any atom is 0.161 e. The summed E-state index contributed by atoms with van der Waals surface area (Å²) in [6.45, 7) is 1.27. The van der Waals surface area contributed by atoms with Crippen molar-refractivity contribution < 1.29 is 4.79 Å². The molecule has 1 aromatic heterocycles. The Hall–Kier alpha value is -3.34. The van der Waals surface area contributed by atoms with Gasteiger partial charge in [0.2, 0.25) is 0 Å². The lowest BCUT2D eigenvalue weighted by molar-refractivity contribution is -0.117. The van der Waals surface area contributed by atoms with Crippen molar-refractivity contribution in [1.29, 1.82) is 0 Å². The third-order valence-corrected chi connectivity index (χ3v) is 6.87. The van der Waals surface area contributed by atoms with E-state index in [0.717, 1.165) is 10.5 Å². The van der Waals surface area contributed by atoms with E-state index in [1.807, 2.05) is 12.3 Å². The minimum atomic E-state index is -0.503. The number of hydrogen-bond donors (Lipinski definition) is 0. The summed E-state index contributed by atoms with van der Waals surface area (Å²) in [6.07, 6.45) is 4.33. The number of likely N-dealkylation sites (tertiary alicyclic amines) is 1. The Kier molecular flexibility index (Phi) is 5.80. The zero-order valence-corrected chi connectivity index (χ0v) is 18.5. The fourth-order valence-electron chi connectivity index (χ4n) is 4.74.